The molecule has 0 spiro atoms. The van der Waals surface area contributed by atoms with E-state index in [1.54, 1.807) is 0 Å². The zero-order valence-corrected chi connectivity index (χ0v) is 18.4. The lowest BCUT2D eigenvalue weighted by molar-refractivity contribution is -0.159. The molecule has 1 aliphatic heterocycles. The lowest BCUT2D eigenvalue weighted by Crippen LogP contribution is -2.51. The SMILES string of the molecule is C[C@@H](C(=O)OCC(=O)NCC12CC3CC(CC(C3)C1)C2)N1C(=O)[C@H]2CCCC[C@@H]2C1=O. The molecule has 7 heteroatoms. The Morgan fingerprint density at radius 2 is 1.52 bits per heavy atom. The van der Waals surface area contributed by atoms with E-state index in [0.29, 0.717) is 19.4 Å². The van der Waals surface area contributed by atoms with Gasteiger partial charge in [-0.3, -0.25) is 19.3 Å². The fraction of sp³-hybridized carbons (Fsp3) is 0.833. The number of carbonyl (C=O) groups excluding carboxylic acids is 4. The average molecular weight is 431 g/mol. The zero-order valence-electron chi connectivity index (χ0n) is 18.4. The van der Waals surface area contributed by atoms with Crippen LogP contribution in [0.25, 0.3) is 0 Å². The number of amides is 3. The molecular weight excluding hydrogens is 396 g/mol. The second-order valence-electron chi connectivity index (χ2n) is 11.0. The second kappa shape index (κ2) is 7.89. The van der Waals surface area contributed by atoms with Crippen LogP contribution >= 0.6 is 0 Å². The number of fused-ring (bicyclic) bond motifs is 1. The fourth-order valence-corrected chi connectivity index (χ4v) is 7.78. The van der Waals surface area contributed by atoms with E-state index in [4.69, 9.17) is 4.74 Å². The van der Waals surface area contributed by atoms with Crippen LogP contribution in [0.1, 0.15) is 71.1 Å². The summed E-state index contributed by atoms with van der Waals surface area (Å²) in [6.07, 6.45) is 11.0. The molecule has 0 radical (unpaired) electrons. The van der Waals surface area contributed by atoms with E-state index < -0.39 is 12.0 Å². The highest BCUT2D eigenvalue weighted by atomic mass is 16.5. The lowest BCUT2D eigenvalue weighted by Gasteiger charge is -2.56. The van der Waals surface area contributed by atoms with Crippen LogP contribution in [0.2, 0.25) is 0 Å². The van der Waals surface area contributed by atoms with Crippen molar-refractivity contribution in [2.75, 3.05) is 13.2 Å². The van der Waals surface area contributed by atoms with Crippen LogP contribution in [0.15, 0.2) is 0 Å². The number of nitrogens with one attached hydrogen (secondary N) is 1. The zero-order chi connectivity index (χ0) is 21.8. The van der Waals surface area contributed by atoms with Gasteiger partial charge in [-0.2, -0.15) is 0 Å². The van der Waals surface area contributed by atoms with Crippen molar-refractivity contribution in [1.29, 1.82) is 0 Å². The number of hydrogen-bond donors (Lipinski definition) is 1. The monoisotopic (exact) mass is 430 g/mol. The van der Waals surface area contributed by atoms with Crippen LogP contribution in [0, 0.1) is 35.0 Å². The van der Waals surface area contributed by atoms with Crippen molar-refractivity contribution in [2.45, 2.75) is 77.2 Å². The Bertz CT molecular complexity index is 734. The fourth-order valence-electron chi connectivity index (χ4n) is 7.78. The maximum atomic E-state index is 12.7. The Balaban J connectivity index is 1.11. The summed E-state index contributed by atoms with van der Waals surface area (Å²) in [6.45, 7) is 1.82. The molecule has 6 rings (SSSR count). The Labute approximate surface area is 183 Å². The number of imide groups is 1. The maximum absolute atomic E-state index is 12.7. The van der Waals surface area contributed by atoms with Crippen molar-refractivity contribution in [3.63, 3.8) is 0 Å². The van der Waals surface area contributed by atoms with Gasteiger partial charge in [-0.1, -0.05) is 12.8 Å². The van der Waals surface area contributed by atoms with Crippen molar-refractivity contribution < 1.29 is 23.9 Å². The number of esters is 1. The molecule has 170 valence electrons. The van der Waals surface area contributed by atoms with Crippen LogP contribution in [0.4, 0.5) is 0 Å². The number of nitrogens with zero attached hydrogens (tertiary/aromatic N) is 1. The number of rotatable bonds is 6. The lowest BCUT2D eigenvalue weighted by atomic mass is 9.49. The molecule has 0 aromatic rings. The van der Waals surface area contributed by atoms with Crippen LogP contribution < -0.4 is 5.32 Å². The molecule has 1 heterocycles. The van der Waals surface area contributed by atoms with E-state index in [0.717, 1.165) is 35.5 Å². The quantitative estimate of drug-likeness (QED) is 0.516. The number of likely N-dealkylation sites (tertiary alicyclic amines) is 1. The van der Waals surface area contributed by atoms with Gasteiger partial charge < -0.3 is 10.1 Å². The second-order valence-corrected chi connectivity index (χ2v) is 11.0. The van der Waals surface area contributed by atoms with E-state index in [2.05, 4.69) is 5.32 Å². The van der Waals surface area contributed by atoms with Crippen molar-refractivity contribution in [3.05, 3.63) is 0 Å². The molecule has 0 unspecified atom stereocenters. The van der Waals surface area contributed by atoms with Crippen molar-refractivity contribution >= 4 is 23.7 Å². The Morgan fingerprint density at radius 3 is 2.03 bits per heavy atom. The van der Waals surface area contributed by atoms with Gasteiger partial charge in [0.15, 0.2) is 6.61 Å². The largest absolute Gasteiger partial charge is 0.454 e. The first kappa shape index (κ1) is 21.0. The summed E-state index contributed by atoms with van der Waals surface area (Å²) in [5, 5.41) is 3.00. The van der Waals surface area contributed by atoms with Gasteiger partial charge in [-0.15, -0.1) is 0 Å². The first-order chi connectivity index (χ1) is 14.8. The normalized spacial score (nSPS) is 39.4. The van der Waals surface area contributed by atoms with Gasteiger partial charge in [0.2, 0.25) is 11.8 Å². The first-order valence-electron chi connectivity index (χ1n) is 12.2. The smallest absolute Gasteiger partial charge is 0.329 e. The van der Waals surface area contributed by atoms with Crippen LogP contribution in [-0.4, -0.2) is 47.8 Å². The third-order valence-corrected chi connectivity index (χ3v) is 8.77. The Kier molecular flexibility index (Phi) is 5.33. The third kappa shape index (κ3) is 3.78. The standard InChI is InChI=1S/C24H34N2O5/c1-14(26-21(28)18-4-2-3-5-19(18)22(26)29)23(30)31-12-20(27)25-13-24-9-15-6-16(10-24)8-17(7-15)11-24/h14-19H,2-13H2,1H3,(H,25,27)/t14-,15?,16?,17?,18-,19-,24?/m0/s1. The van der Waals surface area contributed by atoms with E-state index in [1.807, 2.05) is 0 Å². The van der Waals surface area contributed by atoms with E-state index in [1.165, 1.54) is 45.4 Å². The van der Waals surface area contributed by atoms with Gasteiger partial charge in [0.1, 0.15) is 6.04 Å². The molecule has 3 atom stereocenters. The van der Waals surface area contributed by atoms with Gasteiger partial charge in [-0.25, -0.2) is 4.79 Å². The minimum Gasteiger partial charge on any atom is -0.454 e. The number of carbonyl (C=O) groups is 4. The van der Waals surface area contributed by atoms with Crippen LogP contribution in [-0.2, 0) is 23.9 Å². The highest BCUT2D eigenvalue weighted by Gasteiger charge is 2.52. The summed E-state index contributed by atoms with van der Waals surface area (Å²) in [5.74, 6) is 0.369. The summed E-state index contributed by atoms with van der Waals surface area (Å²) < 4.78 is 5.20. The molecule has 5 aliphatic carbocycles. The summed E-state index contributed by atoms with van der Waals surface area (Å²) in [7, 11) is 0. The minimum absolute atomic E-state index is 0.229. The summed E-state index contributed by atoms with van der Waals surface area (Å²) >= 11 is 0. The van der Waals surface area contributed by atoms with Crippen molar-refractivity contribution in [2.24, 2.45) is 35.0 Å². The molecule has 6 aliphatic rings. The molecule has 4 bridgehead atoms. The highest BCUT2D eigenvalue weighted by Crippen LogP contribution is 2.59. The third-order valence-electron chi connectivity index (χ3n) is 8.77. The molecule has 5 saturated carbocycles. The van der Waals surface area contributed by atoms with Crippen LogP contribution in [0.3, 0.4) is 0 Å². The van der Waals surface area contributed by atoms with Gasteiger partial charge >= 0.3 is 5.97 Å². The minimum atomic E-state index is -0.985. The van der Waals surface area contributed by atoms with E-state index in [-0.39, 0.29) is 41.6 Å². The Hall–Kier alpha value is -1.92. The van der Waals surface area contributed by atoms with Crippen LogP contribution in [0.5, 0.6) is 0 Å². The van der Waals surface area contributed by atoms with Crippen molar-refractivity contribution in [1.82, 2.24) is 10.2 Å². The molecule has 1 saturated heterocycles. The molecule has 7 nitrogen and oxygen atoms in total. The highest BCUT2D eigenvalue weighted by molar-refractivity contribution is 6.07. The Morgan fingerprint density at radius 1 is 1.00 bits per heavy atom. The molecule has 0 aromatic heterocycles. The van der Waals surface area contributed by atoms with Gasteiger partial charge in [0.05, 0.1) is 11.8 Å². The predicted octanol–water partition coefficient (Wildman–Crippen LogP) is 2.43. The molecule has 6 fully saturated rings. The molecular formula is C24H34N2O5. The van der Waals surface area contributed by atoms with Gasteiger partial charge in [0, 0.05) is 6.54 Å². The molecule has 31 heavy (non-hydrogen) atoms. The van der Waals surface area contributed by atoms with Gasteiger partial charge in [0.25, 0.3) is 5.91 Å². The van der Waals surface area contributed by atoms with Gasteiger partial charge in [-0.05, 0) is 81.5 Å². The maximum Gasteiger partial charge on any atom is 0.329 e. The average Bonchev–Trinajstić information content (AvgIpc) is 2.99. The first-order valence-corrected chi connectivity index (χ1v) is 12.2. The summed E-state index contributed by atoms with van der Waals surface area (Å²) in [6, 6.07) is -0.985. The van der Waals surface area contributed by atoms with E-state index >= 15 is 0 Å². The van der Waals surface area contributed by atoms with E-state index in [9.17, 15) is 19.2 Å². The number of ether oxygens (including phenoxy) is 1. The number of hydrogen-bond acceptors (Lipinski definition) is 5. The van der Waals surface area contributed by atoms with Crippen molar-refractivity contribution in [3.8, 4) is 0 Å². The molecule has 0 aromatic carbocycles. The molecule has 3 amide bonds. The molecule has 1 N–H and O–H groups in total. The summed E-state index contributed by atoms with van der Waals surface area (Å²) in [4.78, 5) is 51.3. The summed E-state index contributed by atoms with van der Waals surface area (Å²) in [5.41, 5.74) is 0.229. The topological polar surface area (TPSA) is 92.8 Å². The predicted molar refractivity (Wildman–Crippen MR) is 111 cm³/mol.